The molecule has 4 nitrogen and oxygen atoms in total. The van der Waals surface area contributed by atoms with E-state index in [9.17, 15) is 0 Å². The zero-order chi connectivity index (χ0) is 13.5. The maximum atomic E-state index is 5.75. The van der Waals surface area contributed by atoms with E-state index in [0.29, 0.717) is 6.61 Å². The third-order valence-corrected chi connectivity index (χ3v) is 3.36. The van der Waals surface area contributed by atoms with E-state index >= 15 is 0 Å². The van der Waals surface area contributed by atoms with E-state index in [1.165, 1.54) is 5.56 Å². The Labute approximate surface area is 121 Å². The maximum absolute atomic E-state index is 5.75. The van der Waals surface area contributed by atoms with Gasteiger partial charge in [0.25, 0.3) is 0 Å². The van der Waals surface area contributed by atoms with Crippen molar-refractivity contribution in [3.63, 3.8) is 0 Å². The zero-order valence-corrected chi connectivity index (χ0v) is 12.6. The van der Waals surface area contributed by atoms with Crippen LogP contribution in [0.3, 0.4) is 0 Å². The minimum atomic E-state index is 0.627. The average molecular weight is 324 g/mol. The second-order valence-electron chi connectivity index (χ2n) is 4.19. The number of rotatable bonds is 7. The Hall–Kier alpha value is -1.33. The molecule has 1 aromatic carbocycles. The van der Waals surface area contributed by atoms with Gasteiger partial charge in [0.15, 0.2) is 0 Å². The molecule has 0 saturated heterocycles. The number of aromatic nitrogens is 2. The lowest BCUT2D eigenvalue weighted by atomic mass is 10.2. The van der Waals surface area contributed by atoms with Crippen LogP contribution in [0.5, 0.6) is 5.75 Å². The first kappa shape index (κ1) is 14.1. The van der Waals surface area contributed by atoms with Gasteiger partial charge in [0.05, 0.1) is 17.3 Å². The average Bonchev–Trinajstić information content (AvgIpc) is 2.92. The molecule has 0 bridgehead atoms. The molecule has 0 saturated carbocycles. The van der Waals surface area contributed by atoms with Gasteiger partial charge in [-0.3, -0.25) is 0 Å². The Morgan fingerprint density at radius 3 is 3.00 bits per heavy atom. The first-order valence-electron chi connectivity index (χ1n) is 6.37. The van der Waals surface area contributed by atoms with Crippen molar-refractivity contribution in [3.8, 4) is 5.75 Å². The summed E-state index contributed by atoms with van der Waals surface area (Å²) in [7, 11) is 0. The van der Waals surface area contributed by atoms with E-state index in [0.717, 1.165) is 29.9 Å². The van der Waals surface area contributed by atoms with Gasteiger partial charge in [-0.1, -0.05) is 13.0 Å². The Bertz CT molecular complexity index is 499. The third kappa shape index (κ3) is 4.36. The molecule has 0 aliphatic heterocycles. The summed E-state index contributed by atoms with van der Waals surface area (Å²) in [6, 6.07) is 6.18. The van der Waals surface area contributed by atoms with E-state index in [4.69, 9.17) is 4.74 Å². The highest BCUT2D eigenvalue weighted by molar-refractivity contribution is 9.10. The van der Waals surface area contributed by atoms with Crippen LogP contribution in [0.15, 0.2) is 41.4 Å². The van der Waals surface area contributed by atoms with Crippen LogP contribution in [-0.2, 0) is 13.1 Å². The van der Waals surface area contributed by atoms with Gasteiger partial charge in [-0.15, -0.1) is 0 Å². The van der Waals surface area contributed by atoms with Gasteiger partial charge < -0.3 is 14.6 Å². The first-order valence-corrected chi connectivity index (χ1v) is 7.16. The highest BCUT2D eigenvalue weighted by Crippen LogP contribution is 2.26. The molecule has 0 atom stereocenters. The number of nitrogens with zero attached hydrogens (tertiary/aromatic N) is 2. The molecule has 1 heterocycles. The summed E-state index contributed by atoms with van der Waals surface area (Å²) in [5, 5.41) is 3.30. The zero-order valence-electron chi connectivity index (χ0n) is 11.0. The van der Waals surface area contributed by atoms with Crippen molar-refractivity contribution in [2.24, 2.45) is 0 Å². The van der Waals surface area contributed by atoms with Crippen molar-refractivity contribution in [3.05, 3.63) is 47.0 Å². The molecule has 0 radical (unpaired) electrons. The van der Waals surface area contributed by atoms with Crippen LogP contribution < -0.4 is 10.1 Å². The number of imidazole rings is 1. The van der Waals surface area contributed by atoms with Crippen LogP contribution in [0, 0.1) is 0 Å². The summed E-state index contributed by atoms with van der Waals surface area (Å²) in [4.78, 5) is 4.00. The Balaban J connectivity index is 1.86. The highest BCUT2D eigenvalue weighted by atomic mass is 79.9. The number of hydrogen-bond donors (Lipinski definition) is 1. The fourth-order valence-corrected chi connectivity index (χ4v) is 2.26. The lowest BCUT2D eigenvalue weighted by Crippen LogP contribution is -2.11. The molecular formula is C14H18BrN3O. The molecule has 1 N–H and O–H groups in total. The second-order valence-corrected chi connectivity index (χ2v) is 5.05. The van der Waals surface area contributed by atoms with E-state index in [2.05, 4.69) is 45.3 Å². The molecule has 0 aliphatic carbocycles. The van der Waals surface area contributed by atoms with Gasteiger partial charge in [0.1, 0.15) is 12.4 Å². The Kier molecular flexibility index (Phi) is 5.42. The largest absolute Gasteiger partial charge is 0.491 e. The van der Waals surface area contributed by atoms with Crippen molar-refractivity contribution in [1.82, 2.24) is 14.9 Å². The van der Waals surface area contributed by atoms with Crippen LogP contribution >= 0.6 is 15.9 Å². The van der Waals surface area contributed by atoms with Crippen LogP contribution in [0.4, 0.5) is 0 Å². The molecule has 5 heteroatoms. The van der Waals surface area contributed by atoms with Gasteiger partial charge in [0.2, 0.25) is 0 Å². The minimum Gasteiger partial charge on any atom is -0.491 e. The van der Waals surface area contributed by atoms with Crippen molar-refractivity contribution >= 4 is 15.9 Å². The standard InChI is InChI=1S/C14H18BrN3O/c1-2-16-10-12-3-4-14(13(15)9-12)19-8-7-18-6-5-17-11-18/h3-6,9,11,16H,2,7-8,10H2,1H3. The second kappa shape index (κ2) is 7.31. The molecule has 0 fully saturated rings. The lowest BCUT2D eigenvalue weighted by Gasteiger charge is -2.10. The van der Waals surface area contributed by atoms with Crippen molar-refractivity contribution in [1.29, 1.82) is 0 Å². The third-order valence-electron chi connectivity index (χ3n) is 2.74. The first-order chi connectivity index (χ1) is 9.29. The molecule has 0 aliphatic rings. The minimum absolute atomic E-state index is 0.627. The monoisotopic (exact) mass is 323 g/mol. The summed E-state index contributed by atoms with van der Waals surface area (Å²) in [5.41, 5.74) is 1.25. The summed E-state index contributed by atoms with van der Waals surface area (Å²) >= 11 is 3.55. The number of benzene rings is 1. The maximum Gasteiger partial charge on any atom is 0.133 e. The quantitative estimate of drug-likeness (QED) is 0.851. The number of nitrogens with one attached hydrogen (secondary N) is 1. The van der Waals surface area contributed by atoms with Crippen LogP contribution in [0.25, 0.3) is 0 Å². The molecule has 2 rings (SSSR count). The van der Waals surface area contributed by atoms with Gasteiger partial charge in [-0.05, 0) is 40.2 Å². The smallest absolute Gasteiger partial charge is 0.133 e. The van der Waals surface area contributed by atoms with Crippen LogP contribution in [0.2, 0.25) is 0 Å². The van der Waals surface area contributed by atoms with Crippen molar-refractivity contribution in [2.45, 2.75) is 20.0 Å². The van der Waals surface area contributed by atoms with Gasteiger partial charge in [0, 0.05) is 18.9 Å². The number of ether oxygens (including phenoxy) is 1. The SMILES string of the molecule is CCNCc1ccc(OCCn2ccnc2)c(Br)c1. The summed E-state index contributed by atoms with van der Waals surface area (Å²) in [6.07, 6.45) is 5.49. The van der Waals surface area contributed by atoms with E-state index in [1.807, 2.05) is 16.8 Å². The van der Waals surface area contributed by atoms with Crippen molar-refractivity contribution < 1.29 is 4.74 Å². The van der Waals surface area contributed by atoms with Gasteiger partial charge >= 0.3 is 0 Å². The fraction of sp³-hybridized carbons (Fsp3) is 0.357. The molecule has 0 unspecified atom stereocenters. The molecular weight excluding hydrogens is 306 g/mol. The fourth-order valence-electron chi connectivity index (χ4n) is 1.72. The predicted molar refractivity (Wildman–Crippen MR) is 79.2 cm³/mol. The summed E-state index contributed by atoms with van der Waals surface area (Å²) in [6.45, 7) is 5.38. The van der Waals surface area contributed by atoms with E-state index < -0.39 is 0 Å². The Morgan fingerprint density at radius 2 is 2.32 bits per heavy atom. The summed E-state index contributed by atoms with van der Waals surface area (Å²) in [5.74, 6) is 0.875. The molecule has 19 heavy (non-hydrogen) atoms. The Morgan fingerprint density at radius 1 is 1.42 bits per heavy atom. The molecule has 1 aromatic heterocycles. The number of halogens is 1. The summed E-state index contributed by atoms with van der Waals surface area (Å²) < 4.78 is 8.74. The van der Waals surface area contributed by atoms with Crippen LogP contribution in [-0.4, -0.2) is 22.7 Å². The molecule has 0 amide bonds. The lowest BCUT2D eigenvalue weighted by molar-refractivity contribution is 0.296. The predicted octanol–water partition coefficient (Wildman–Crippen LogP) is 2.83. The van der Waals surface area contributed by atoms with Crippen LogP contribution in [0.1, 0.15) is 12.5 Å². The van der Waals surface area contributed by atoms with Gasteiger partial charge in [-0.2, -0.15) is 0 Å². The van der Waals surface area contributed by atoms with Crippen molar-refractivity contribution in [2.75, 3.05) is 13.2 Å². The topological polar surface area (TPSA) is 39.1 Å². The highest BCUT2D eigenvalue weighted by Gasteiger charge is 2.02. The van der Waals surface area contributed by atoms with E-state index in [-0.39, 0.29) is 0 Å². The molecule has 0 spiro atoms. The number of hydrogen-bond acceptors (Lipinski definition) is 3. The molecule has 102 valence electrons. The van der Waals surface area contributed by atoms with Gasteiger partial charge in [-0.25, -0.2) is 4.98 Å². The molecule has 2 aromatic rings. The van der Waals surface area contributed by atoms with E-state index in [1.54, 1.807) is 12.5 Å². The normalized spacial score (nSPS) is 10.6.